The lowest BCUT2D eigenvalue weighted by Gasteiger charge is -2.21. The summed E-state index contributed by atoms with van der Waals surface area (Å²) in [5, 5.41) is 10.6. The lowest BCUT2D eigenvalue weighted by atomic mass is 10.0. The van der Waals surface area contributed by atoms with Gasteiger partial charge in [0, 0.05) is 25.7 Å². The molecule has 0 aliphatic carbocycles. The van der Waals surface area contributed by atoms with Crippen LogP contribution in [-0.4, -0.2) is 96.7 Å². The number of esters is 4. The molecule has 0 aliphatic rings. The van der Waals surface area contributed by atoms with Crippen molar-refractivity contribution in [2.24, 2.45) is 5.92 Å². The van der Waals surface area contributed by atoms with Crippen LogP contribution in [-0.2, 0) is 65.4 Å². The standard InChI is InChI=1S/C77H150O17P2/c1-6-9-12-15-18-21-22-23-24-25-26-27-28-29-32-36-39-43-48-53-58-63-77(82)94-73(67-88-75(80)61-56-51-46-42-38-35-33-30-31-34-37-41-44-49-54-59-70(4)5)69-92-96(85,86)90-65-71(78)64-89-95(83,84)91-68-72(66-87-74(79)60-55-50-45-20-17-14-11-8-3)93-76(81)62-57-52-47-40-19-16-13-10-7-2/h70-73,78H,6-69H2,1-5H3,(H,83,84)(H,85,86)/t71-,72+,73+/m0/s1. The maximum absolute atomic E-state index is 13.1. The molecule has 17 nitrogen and oxygen atoms in total. The first kappa shape index (κ1) is 94.1. The van der Waals surface area contributed by atoms with Crippen LogP contribution < -0.4 is 0 Å². The topological polar surface area (TPSA) is 237 Å². The average molecular weight is 1410 g/mol. The fourth-order valence-corrected chi connectivity index (χ4v) is 13.5. The van der Waals surface area contributed by atoms with Crippen LogP contribution >= 0.6 is 15.6 Å². The van der Waals surface area contributed by atoms with Gasteiger partial charge in [-0.2, -0.15) is 0 Å². The minimum absolute atomic E-state index is 0.106. The van der Waals surface area contributed by atoms with E-state index in [0.717, 1.165) is 102 Å². The predicted octanol–water partition coefficient (Wildman–Crippen LogP) is 22.9. The van der Waals surface area contributed by atoms with Crippen molar-refractivity contribution in [1.29, 1.82) is 0 Å². The quantitative estimate of drug-likeness (QED) is 0.0222. The summed E-state index contributed by atoms with van der Waals surface area (Å²) in [5.74, 6) is -1.31. The van der Waals surface area contributed by atoms with Crippen LogP contribution in [0, 0.1) is 5.92 Å². The van der Waals surface area contributed by atoms with Gasteiger partial charge in [0.15, 0.2) is 12.2 Å². The van der Waals surface area contributed by atoms with E-state index in [1.165, 1.54) is 225 Å². The van der Waals surface area contributed by atoms with Crippen LogP contribution in [0.15, 0.2) is 0 Å². The third-order valence-corrected chi connectivity index (χ3v) is 19.9. The molecule has 0 bridgehead atoms. The summed E-state index contributed by atoms with van der Waals surface area (Å²) in [6.45, 7) is 7.28. The highest BCUT2D eigenvalue weighted by atomic mass is 31.2. The van der Waals surface area contributed by atoms with E-state index in [1.807, 2.05) is 0 Å². The summed E-state index contributed by atoms with van der Waals surface area (Å²) < 4.78 is 68.4. The fraction of sp³-hybridized carbons (Fsp3) is 0.948. The Morgan fingerprint density at radius 3 is 0.708 bits per heavy atom. The lowest BCUT2D eigenvalue weighted by Crippen LogP contribution is -2.30. The van der Waals surface area contributed by atoms with Crippen molar-refractivity contribution in [3.63, 3.8) is 0 Å². The van der Waals surface area contributed by atoms with E-state index in [4.69, 9.17) is 37.0 Å². The first-order valence-electron chi connectivity index (χ1n) is 40.1. The molecule has 0 fully saturated rings. The zero-order valence-electron chi connectivity index (χ0n) is 62.5. The lowest BCUT2D eigenvalue weighted by molar-refractivity contribution is -0.161. The Morgan fingerprint density at radius 2 is 0.479 bits per heavy atom. The fourth-order valence-electron chi connectivity index (χ4n) is 11.9. The van der Waals surface area contributed by atoms with Gasteiger partial charge in [0.2, 0.25) is 0 Å². The van der Waals surface area contributed by atoms with E-state index in [2.05, 4.69) is 34.6 Å². The molecular formula is C77H150O17P2. The van der Waals surface area contributed by atoms with Crippen molar-refractivity contribution in [2.75, 3.05) is 39.6 Å². The molecule has 0 radical (unpaired) electrons. The Bertz CT molecular complexity index is 1840. The summed E-state index contributed by atoms with van der Waals surface area (Å²) in [5.41, 5.74) is 0. The highest BCUT2D eigenvalue weighted by molar-refractivity contribution is 7.47. The van der Waals surface area contributed by atoms with Gasteiger partial charge in [-0.15, -0.1) is 0 Å². The highest BCUT2D eigenvalue weighted by Gasteiger charge is 2.30. The number of hydrogen-bond donors (Lipinski definition) is 3. The second-order valence-electron chi connectivity index (χ2n) is 28.2. The van der Waals surface area contributed by atoms with Crippen LogP contribution in [0.2, 0.25) is 0 Å². The summed E-state index contributed by atoms with van der Waals surface area (Å²) >= 11 is 0. The summed E-state index contributed by atoms with van der Waals surface area (Å²) in [6.07, 6.45) is 59.9. The molecule has 0 aliphatic heterocycles. The van der Waals surface area contributed by atoms with Crippen molar-refractivity contribution in [2.45, 2.75) is 425 Å². The number of aliphatic hydroxyl groups is 1. The van der Waals surface area contributed by atoms with Crippen molar-refractivity contribution < 1.29 is 80.2 Å². The number of hydrogen-bond acceptors (Lipinski definition) is 15. The van der Waals surface area contributed by atoms with Gasteiger partial charge in [-0.25, -0.2) is 9.13 Å². The normalized spacial score (nSPS) is 13.9. The number of unbranched alkanes of at least 4 members (excludes halogenated alkanes) is 49. The van der Waals surface area contributed by atoms with Gasteiger partial charge in [0.05, 0.1) is 26.4 Å². The van der Waals surface area contributed by atoms with Gasteiger partial charge in [-0.3, -0.25) is 37.3 Å². The second-order valence-corrected chi connectivity index (χ2v) is 31.1. The third kappa shape index (κ3) is 70.5. The van der Waals surface area contributed by atoms with Gasteiger partial charge in [-0.05, 0) is 31.6 Å². The molecule has 0 saturated heterocycles. The predicted molar refractivity (Wildman–Crippen MR) is 391 cm³/mol. The Kier molecular flexibility index (Phi) is 68.7. The zero-order chi connectivity index (χ0) is 70.5. The maximum atomic E-state index is 13.1. The first-order chi connectivity index (χ1) is 46.5. The number of rotatable bonds is 77. The molecular weight excluding hydrogens is 1260 g/mol. The molecule has 0 amide bonds. The van der Waals surface area contributed by atoms with E-state index in [9.17, 15) is 43.2 Å². The molecule has 0 aromatic rings. The van der Waals surface area contributed by atoms with Gasteiger partial charge in [-0.1, -0.05) is 356 Å². The Morgan fingerprint density at radius 1 is 0.281 bits per heavy atom. The summed E-state index contributed by atoms with van der Waals surface area (Å²) in [6, 6.07) is 0. The maximum Gasteiger partial charge on any atom is 0.472 e. The monoisotopic (exact) mass is 1410 g/mol. The first-order valence-corrected chi connectivity index (χ1v) is 43.1. The number of carbonyl (C=O) groups is 4. The number of phosphoric ester groups is 2. The van der Waals surface area contributed by atoms with E-state index >= 15 is 0 Å². The molecule has 3 N–H and O–H groups in total. The molecule has 0 rings (SSSR count). The Balaban J connectivity index is 5.15. The zero-order valence-corrected chi connectivity index (χ0v) is 64.3. The number of carbonyl (C=O) groups excluding carboxylic acids is 4. The molecule has 2 unspecified atom stereocenters. The second kappa shape index (κ2) is 70.1. The number of ether oxygens (including phenoxy) is 4. The van der Waals surface area contributed by atoms with Crippen LogP contribution in [0.1, 0.15) is 407 Å². The molecule has 5 atom stereocenters. The molecule has 0 saturated carbocycles. The van der Waals surface area contributed by atoms with Crippen molar-refractivity contribution in [3.05, 3.63) is 0 Å². The van der Waals surface area contributed by atoms with E-state index < -0.39 is 97.5 Å². The van der Waals surface area contributed by atoms with E-state index in [0.29, 0.717) is 25.7 Å². The van der Waals surface area contributed by atoms with Crippen LogP contribution in [0.4, 0.5) is 0 Å². The molecule has 0 aromatic carbocycles. The summed E-state index contributed by atoms with van der Waals surface area (Å²) in [4.78, 5) is 72.6. The minimum Gasteiger partial charge on any atom is -0.462 e. The van der Waals surface area contributed by atoms with Crippen LogP contribution in [0.25, 0.3) is 0 Å². The number of phosphoric acid groups is 2. The highest BCUT2D eigenvalue weighted by Crippen LogP contribution is 2.45. The molecule has 0 heterocycles. The van der Waals surface area contributed by atoms with Crippen molar-refractivity contribution in [3.8, 4) is 0 Å². The molecule has 0 aromatic heterocycles. The van der Waals surface area contributed by atoms with Gasteiger partial charge < -0.3 is 33.8 Å². The smallest absolute Gasteiger partial charge is 0.462 e. The van der Waals surface area contributed by atoms with Gasteiger partial charge in [0.25, 0.3) is 0 Å². The van der Waals surface area contributed by atoms with Crippen molar-refractivity contribution >= 4 is 39.5 Å². The van der Waals surface area contributed by atoms with Crippen LogP contribution in [0.5, 0.6) is 0 Å². The Labute approximate surface area is 588 Å². The number of aliphatic hydroxyl groups excluding tert-OH is 1. The SMILES string of the molecule is CCCCCCCCCCCCCCCCCCCCCCCC(=O)O[C@H](COC(=O)CCCCCCCCCCCCCCCCCC(C)C)COP(=O)(O)OC[C@@H](O)COP(=O)(O)OC[C@@H](COC(=O)CCCCCCCCCC)OC(=O)CCCCCCCCCCC. The Hall–Kier alpha value is -1.94. The molecule has 0 spiro atoms. The molecule has 96 heavy (non-hydrogen) atoms. The largest absolute Gasteiger partial charge is 0.472 e. The van der Waals surface area contributed by atoms with E-state index in [1.54, 1.807) is 0 Å². The molecule has 570 valence electrons. The average Bonchev–Trinajstić information content (AvgIpc) is 1.66. The minimum atomic E-state index is -4.96. The summed E-state index contributed by atoms with van der Waals surface area (Å²) in [7, 11) is -9.90. The molecule has 19 heteroatoms. The van der Waals surface area contributed by atoms with Gasteiger partial charge in [0.1, 0.15) is 19.3 Å². The van der Waals surface area contributed by atoms with E-state index in [-0.39, 0.29) is 25.7 Å². The van der Waals surface area contributed by atoms with Crippen LogP contribution in [0.3, 0.4) is 0 Å². The third-order valence-electron chi connectivity index (χ3n) is 18.0. The van der Waals surface area contributed by atoms with Crippen molar-refractivity contribution in [1.82, 2.24) is 0 Å². The van der Waals surface area contributed by atoms with Gasteiger partial charge >= 0.3 is 39.5 Å².